The van der Waals surface area contributed by atoms with Gasteiger partial charge in [-0.25, -0.2) is 4.79 Å². The summed E-state index contributed by atoms with van der Waals surface area (Å²) in [6, 6.07) is 16.2. The van der Waals surface area contributed by atoms with Crippen LogP contribution in [0.1, 0.15) is 34.8 Å². The summed E-state index contributed by atoms with van der Waals surface area (Å²) < 4.78 is 5.74. The Morgan fingerprint density at radius 1 is 1.17 bits per heavy atom. The van der Waals surface area contributed by atoms with Gasteiger partial charge in [-0.3, -0.25) is 9.69 Å². The zero-order chi connectivity index (χ0) is 21.1. The van der Waals surface area contributed by atoms with E-state index in [1.165, 1.54) is 12.7 Å². The second-order valence-electron chi connectivity index (χ2n) is 7.57. The molecular formula is C23H24BrN3O3. The summed E-state index contributed by atoms with van der Waals surface area (Å²) in [5, 5.41) is 3.70. The Morgan fingerprint density at radius 3 is 2.60 bits per heavy atom. The minimum atomic E-state index is -0.513. The number of piperidine rings is 1. The third kappa shape index (κ3) is 4.42. The molecule has 0 aliphatic carbocycles. The Labute approximate surface area is 183 Å². The van der Waals surface area contributed by atoms with Crippen LogP contribution in [0.3, 0.4) is 0 Å². The Hall–Kier alpha value is -2.64. The number of esters is 1. The van der Waals surface area contributed by atoms with Crippen molar-refractivity contribution in [1.82, 2.24) is 9.88 Å². The number of benzene rings is 2. The van der Waals surface area contributed by atoms with Crippen molar-refractivity contribution in [3.8, 4) is 0 Å². The summed E-state index contributed by atoms with van der Waals surface area (Å²) in [4.78, 5) is 30.2. The molecule has 2 aromatic carbocycles. The maximum atomic E-state index is 12.8. The number of methoxy groups -OCH3 is 1. The van der Waals surface area contributed by atoms with Gasteiger partial charge in [-0.1, -0.05) is 46.3 Å². The second-order valence-corrected chi connectivity index (χ2v) is 8.48. The van der Waals surface area contributed by atoms with E-state index >= 15 is 0 Å². The highest BCUT2D eigenvalue weighted by Gasteiger charge is 2.24. The molecule has 7 heteroatoms. The SMILES string of the molecule is COC(=O)c1[nH]c2ccc(Br)cc2c1NC(=O)CN1CCC(c2ccccc2)CC1. The molecule has 156 valence electrons. The van der Waals surface area contributed by atoms with E-state index in [0.717, 1.165) is 41.3 Å². The minimum Gasteiger partial charge on any atom is -0.464 e. The number of carbonyl (C=O) groups excluding carboxylic acids is 2. The molecule has 1 fully saturated rings. The number of nitrogens with zero attached hydrogens (tertiary/aromatic N) is 1. The number of halogens is 1. The fourth-order valence-corrected chi connectivity index (χ4v) is 4.44. The Bertz CT molecular complexity index is 1060. The predicted molar refractivity (Wildman–Crippen MR) is 121 cm³/mol. The number of aromatic nitrogens is 1. The Morgan fingerprint density at radius 2 is 1.90 bits per heavy atom. The minimum absolute atomic E-state index is 0.140. The summed E-state index contributed by atoms with van der Waals surface area (Å²) in [5.74, 6) is -0.108. The number of nitrogens with one attached hydrogen (secondary N) is 2. The molecule has 0 atom stereocenters. The monoisotopic (exact) mass is 469 g/mol. The number of likely N-dealkylation sites (tertiary alicyclic amines) is 1. The van der Waals surface area contributed by atoms with E-state index in [4.69, 9.17) is 4.74 Å². The molecule has 0 radical (unpaired) electrons. The molecular weight excluding hydrogens is 446 g/mol. The number of hydrogen-bond acceptors (Lipinski definition) is 4. The third-order valence-corrected chi connectivity index (χ3v) is 6.13. The molecule has 1 aliphatic rings. The number of aromatic amines is 1. The Balaban J connectivity index is 1.44. The van der Waals surface area contributed by atoms with Crippen LogP contribution in [0.25, 0.3) is 10.9 Å². The predicted octanol–water partition coefficient (Wildman–Crippen LogP) is 4.54. The summed E-state index contributed by atoms with van der Waals surface area (Å²) in [5.41, 5.74) is 2.84. The van der Waals surface area contributed by atoms with Crippen LogP contribution in [0.2, 0.25) is 0 Å². The van der Waals surface area contributed by atoms with Crippen molar-refractivity contribution in [3.63, 3.8) is 0 Å². The van der Waals surface area contributed by atoms with Gasteiger partial charge in [-0.2, -0.15) is 0 Å². The van der Waals surface area contributed by atoms with Crippen molar-refractivity contribution < 1.29 is 14.3 Å². The summed E-state index contributed by atoms with van der Waals surface area (Å²) >= 11 is 3.45. The van der Waals surface area contributed by atoms with Gasteiger partial charge in [0.25, 0.3) is 0 Å². The fraction of sp³-hybridized carbons (Fsp3) is 0.304. The number of carbonyl (C=O) groups is 2. The first-order valence-corrected chi connectivity index (χ1v) is 10.8. The summed E-state index contributed by atoms with van der Waals surface area (Å²) in [6.45, 7) is 2.04. The molecule has 0 bridgehead atoms. The van der Waals surface area contributed by atoms with Crippen LogP contribution in [-0.4, -0.2) is 48.5 Å². The van der Waals surface area contributed by atoms with Gasteiger partial charge in [0.2, 0.25) is 5.91 Å². The second kappa shape index (κ2) is 9.02. The summed E-state index contributed by atoms with van der Waals surface area (Å²) in [7, 11) is 1.33. The molecule has 2 N–H and O–H groups in total. The number of ether oxygens (including phenoxy) is 1. The molecule has 1 saturated heterocycles. The van der Waals surface area contributed by atoms with Gasteiger partial charge in [0.1, 0.15) is 5.69 Å². The molecule has 1 aromatic heterocycles. The lowest BCUT2D eigenvalue weighted by molar-refractivity contribution is -0.117. The van der Waals surface area contributed by atoms with E-state index in [0.29, 0.717) is 18.2 Å². The lowest BCUT2D eigenvalue weighted by atomic mass is 9.89. The van der Waals surface area contributed by atoms with Crippen molar-refractivity contribution in [2.75, 3.05) is 32.1 Å². The molecule has 30 heavy (non-hydrogen) atoms. The molecule has 0 saturated carbocycles. The molecule has 0 spiro atoms. The first-order valence-electron chi connectivity index (χ1n) is 10.0. The lowest BCUT2D eigenvalue weighted by Gasteiger charge is -2.31. The van der Waals surface area contributed by atoms with Crippen LogP contribution < -0.4 is 5.32 Å². The number of amides is 1. The standard InChI is InChI=1S/C23H24BrN3O3/c1-30-23(29)22-21(18-13-17(24)7-8-19(18)25-22)26-20(28)14-27-11-9-16(10-12-27)15-5-3-2-4-6-15/h2-8,13,16,25H,9-12,14H2,1H3,(H,26,28). The average Bonchev–Trinajstić information content (AvgIpc) is 3.11. The number of H-pyrrole nitrogens is 1. The smallest absolute Gasteiger partial charge is 0.356 e. The van der Waals surface area contributed by atoms with E-state index in [-0.39, 0.29) is 11.6 Å². The van der Waals surface area contributed by atoms with Crippen LogP contribution >= 0.6 is 15.9 Å². The molecule has 1 aliphatic heterocycles. The fourth-order valence-electron chi connectivity index (χ4n) is 4.08. The van der Waals surface area contributed by atoms with Crippen LogP contribution in [0.15, 0.2) is 53.0 Å². The quantitative estimate of drug-likeness (QED) is 0.538. The first kappa shape index (κ1) is 20.6. The van der Waals surface area contributed by atoms with Crippen molar-refractivity contribution in [1.29, 1.82) is 0 Å². The molecule has 3 aromatic rings. The number of anilines is 1. The van der Waals surface area contributed by atoms with Gasteiger partial charge in [0.15, 0.2) is 0 Å². The third-order valence-electron chi connectivity index (χ3n) is 5.64. The van der Waals surface area contributed by atoms with Gasteiger partial charge in [-0.15, -0.1) is 0 Å². The maximum Gasteiger partial charge on any atom is 0.356 e. The lowest BCUT2D eigenvalue weighted by Crippen LogP contribution is -2.38. The van der Waals surface area contributed by atoms with Crippen molar-refractivity contribution in [2.24, 2.45) is 0 Å². The first-order chi connectivity index (χ1) is 14.5. The number of rotatable bonds is 5. The van der Waals surface area contributed by atoms with Crippen LogP contribution in [0, 0.1) is 0 Å². The average molecular weight is 470 g/mol. The van der Waals surface area contributed by atoms with Crippen molar-refractivity contribution >= 4 is 44.4 Å². The summed E-state index contributed by atoms with van der Waals surface area (Å²) in [6.07, 6.45) is 2.06. The highest BCUT2D eigenvalue weighted by atomic mass is 79.9. The Kier molecular flexibility index (Phi) is 6.20. The van der Waals surface area contributed by atoms with E-state index < -0.39 is 5.97 Å². The highest BCUT2D eigenvalue weighted by molar-refractivity contribution is 9.10. The highest BCUT2D eigenvalue weighted by Crippen LogP contribution is 2.31. The topological polar surface area (TPSA) is 74.4 Å². The van der Waals surface area contributed by atoms with E-state index in [2.05, 4.69) is 55.4 Å². The van der Waals surface area contributed by atoms with E-state index in [1.54, 1.807) is 0 Å². The van der Waals surface area contributed by atoms with E-state index in [1.807, 2.05) is 24.3 Å². The van der Waals surface area contributed by atoms with E-state index in [9.17, 15) is 9.59 Å². The van der Waals surface area contributed by atoms with Gasteiger partial charge in [-0.05, 0) is 55.6 Å². The molecule has 2 heterocycles. The number of hydrogen-bond donors (Lipinski definition) is 2. The molecule has 6 nitrogen and oxygen atoms in total. The maximum absolute atomic E-state index is 12.8. The van der Waals surface area contributed by atoms with Gasteiger partial charge < -0.3 is 15.0 Å². The zero-order valence-corrected chi connectivity index (χ0v) is 18.4. The van der Waals surface area contributed by atoms with Crippen molar-refractivity contribution in [3.05, 3.63) is 64.3 Å². The largest absolute Gasteiger partial charge is 0.464 e. The normalized spacial score (nSPS) is 15.3. The van der Waals surface area contributed by atoms with Gasteiger partial charge >= 0.3 is 5.97 Å². The van der Waals surface area contributed by atoms with Crippen molar-refractivity contribution in [2.45, 2.75) is 18.8 Å². The van der Waals surface area contributed by atoms with Crippen LogP contribution in [0.5, 0.6) is 0 Å². The van der Waals surface area contributed by atoms with Crippen LogP contribution in [0.4, 0.5) is 5.69 Å². The van der Waals surface area contributed by atoms with Crippen LogP contribution in [-0.2, 0) is 9.53 Å². The molecule has 0 unspecified atom stereocenters. The number of fused-ring (bicyclic) bond motifs is 1. The van der Waals surface area contributed by atoms with Gasteiger partial charge in [0, 0.05) is 15.4 Å². The zero-order valence-electron chi connectivity index (χ0n) is 16.8. The van der Waals surface area contributed by atoms with Gasteiger partial charge in [0.05, 0.1) is 19.3 Å². The molecule has 1 amide bonds. The molecule has 4 rings (SSSR count).